The topological polar surface area (TPSA) is 31.1 Å². The van der Waals surface area contributed by atoms with E-state index in [0.29, 0.717) is 0 Å². The molecule has 0 amide bonds. The van der Waals surface area contributed by atoms with Crippen molar-refractivity contribution in [3.63, 3.8) is 0 Å². The number of aromatic nitrogens is 1. The Balaban J connectivity index is 1.88. The number of nitrogens with zero attached hydrogens (tertiary/aromatic N) is 1. The summed E-state index contributed by atoms with van der Waals surface area (Å²) in [6.45, 7) is 10.0. The molecule has 1 aromatic heterocycles. The summed E-state index contributed by atoms with van der Waals surface area (Å²) in [6.07, 6.45) is 3.44. The molecule has 0 aliphatic carbocycles. The van der Waals surface area contributed by atoms with Crippen LogP contribution in [0.15, 0.2) is 18.3 Å². The quantitative estimate of drug-likeness (QED) is 0.866. The Morgan fingerprint density at radius 2 is 2.05 bits per heavy atom. The minimum Gasteiger partial charge on any atom is -0.361 e. The van der Waals surface area contributed by atoms with Gasteiger partial charge in [0.05, 0.1) is 0 Å². The highest BCUT2D eigenvalue weighted by molar-refractivity contribution is 5.86. The van der Waals surface area contributed by atoms with Gasteiger partial charge in [0.15, 0.2) is 0 Å². The molecule has 1 saturated heterocycles. The van der Waals surface area contributed by atoms with Crippen LogP contribution in [-0.4, -0.2) is 36.1 Å². The molecule has 1 aliphatic heterocycles. The highest BCUT2D eigenvalue weighted by Gasteiger charge is 2.12. The minimum atomic E-state index is 1.06. The average molecular weight is 257 g/mol. The molecule has 0 spiro atoms. The lowest BCUT2D eigenvalue weighted by Crippen LogP contribution is -2.27. The summed E-state index contributed by atoms with van der Waals surface area (Å²) in [5.74, 6) is 0. The Hall–Kier alpha value is -1.32. The first-order valence-electron chi connectivity index (χ1n) is 7.24. The second kappa shape index (κ2) is 5.35. The molecule has 0 unspecified atom stereocenters. The molecule has 2 aromatic rings. The maximum atomic E-state index is 3.46. The minimum absolute atomic E-state index is 1.06. The number of benzene rings is 1. The van der Waals surface area contributed by atoms with Crippen LogP contribution in [0.25, 0.3) is 10.9 Å². The van der Waals surface area contributed by atoms with Gasteiger partial charge in [-0.1, -0.05) is 11.6 Å². The number of hydrogen-bond donors (Lipinski definition) is 2. The highest BCUT2D eigenvalue weighted by atomic mass is 15.1. The van der Waals surface area contributed by atoms with Crippen LogP contribution in [0.5, 0.6) is 0 Å². The van der Waals surface area contributed by atoms with Crippen molar-refractivity contribution in [1.82, 2.24) is 15.2 Å². The third kappa shape index (κ3) is 2.67. The monoisotopic (exact) mass is 257 g/mol. The van der Waals surface area contributed by atoms with E-state index in [1.165, 1.54) is 40.6 Å². The molecule has 0 atom stereocenters. The van der Waals surface area contributed by atoms with E-state index in [4.69, 9.17) is 0 Å². The van der Waals surface area contributed by atoms with Crippen LogP contribution >= 0.6 is 0 Å². The Kier molecular flexibility index (Phi) is 3.58. The van der Waals surface area contributed by atoms with E-state index in [9.17, 15) is 0 Å². The van der Waals surface area contributed by atoms with Crippen LogP contribution in [-0.2, 0) is 6.54 Å². The summed E-state index contributed by atoms with van der Waals surface area (Å²) in [5, 5.41) is 4.86. The van der Waals surface area contributed by atoms with Gasteiger partial charge < -0.3 is 10.3 Å². The molecular formula is C16H23N3. The molecule has 0 bridgehead atoms. The van der Waals surface area contributed by atoms with Gasteiger partial charge in [0.1, 0.15) is 0 Å². The molecule has 0 radical (unpaired) electrons. The van der Waals surface area contributed by atoms with Crippen LogP contribution in [0.3, 0.4) is 0 Å². The Labute approximate surface area is 115 Å². The van der Waals surface area contributed by atoms with E-state index in [-0.39, 0.29) is 0 Å². The van der Waals surface area contributed by atoms with Crippen molar-refractivity contribution in [2.24, 2.45) is 0 Å². The predicted molar refractivity (Wildman–Crippen MR) is 80.5 cm³/mol. The summed E-state index contributed by atoms with van der Waals surface area (Å²) in [4.78, 5) is 6.00. The molecule has 19 heavy (non-hydrogen) atoms. The van der Waals surface area contributed by atoms with Crippen molar-refractivity contribution >= 4 is 10.9 Å². The van der Waals surface area contributed by atoms with E-state index >= 15 is 0 Å². The average Bonchev–Trinajstić information content (AvgIpc) is 2.60. The number of aromatic amines is 1. The van der Waals surface area contributed by atoms with Gasteiger partial charge in [-0.05, 0) is 50.6 Å². The van der Waals surface area contributed by atoms with Crippen molar-refractivity contribution in [3.8, 4) is 0 Å². The fraction of sp³-hybridized carbons (Fsp3) is 0.500. The van der Waals surface area contributed by atoms with Crippen molar-refractivity contribution in [2.45, 2.75) is 26.8 Å². The van der Waals surface area contributed by atoms with Gasteiger partial charge in [0.2, 0.25) is 0 Å². The largest absolute Gasteiger partial charge is 0.361 e. The third-order valence-electron chi connectivity index (χ3n) is 4.04. The molecule has 2 heterocycles. The lowest BCUT2D eigenvalue weighted by atomic mass is 10.1. The Morgan fingerprint density at radius 1 is 1.16 bits per heavy atom. The van der Waals surface area contributed by atoms with E-state index < -0.39 is 0 Å². The van der Waals surface area contributed by atoms with E-state index in [0.717, 1.165) is 26.2 Å². The van der Waals surface area contributed by atoms with Gasteiger partial charge in [-0.25, -0.2) is 0 Å². The molecule has 3 heteroatoms. The number of hydrogen-bond acceptors (Lipinski definition) is 2. The SMILES string of the molecule is Cc1cc(C)c2[nH]cc(CN3CCCNCC3)c2c1. The highest BCUT2D eigenvalue weighted by Crippen LogP contribution is 2.24. The fourth-order valence-electron chi connectivity index (χ4n) is 3.08. The molecule has 102 valence electrons. The van der Waals surface area contributed by atoms with Crippen LogP contribution in [0.2, 0.25) is 0 Å². The molecule has 2 N–H and O–H groups in total. The van der Waals surface area contributed by atoms with Gasteiger partial charge in [-0.3, -0.25) is 4.90 Å². The van der Waals surface area contributed by atoms with E-state index in [1.807, 2.05) is 0 Å². The van der Waals surface area contributed by atoms with Gasteiger partial charge in [-0.15, -0.1) is 0 Å². The fourth-order valence-corrected chi connectivity index (χ4v) is 3.08. The maximum Gasteiger partial charge on any atom is 0.0487 e. The Bertz CT molecular complexity index is 563. The van der Waals surface area contributed by atoms with Gasteiger partial charge in [-0.2, -0.15) is 0 Å². The molecule has 3 rings (SSSR count). The molecule has 1 aromatic carbocycles. The summed E-state index contributed by atoms with van der Waals surface area (Å²) in [7, 11) is 0. The first-order chi connectivity index (χ1) is 9.24. The van der Waals surface area contributed by atoms with Gasteiger partial charge in [0, 0.05) is 36.7 Å². The Morgan fingerprint density at radius 3 is 2.95 bits per heavy atom. The second-order valence-electron chi connectivity index (χ2n) is 5.70. The lowest BCUT2D eigenvalue weighted by Gasteiger charge is -2.18. The van der Waals surface area contributed by atoms with E-state index in [1.54, 1.807) is 0 Å². The first kappa shape index (κ1) is 12.7. The number of nitrogens with one attached hydrogen (secondary N) is 2. The smallest absolute Gasteiger partial charge is 0.0487 e. The van der Waals surface area contributed by atoms with Crippen LogP contribution in [0.1, 0.15) is 23.1 Å². The normalized spacial score (nSPS) is 17.8. The van der Waals surface area contributed by atoms with Gasteiger partial charge in [0.25, 0.3) is 0 Å². The lowest BCUT2D eigenvalue weighted by molar-refractivity contribution is 0.285. The molecular weight excluding hydrogens is 234 g/mol. The van der Waals surface area contributed by atoms with Crippen molar-refractivity contribution in [3.05, 3.63) is 35.0 Å². The standard InChI is InChI=1S/C16H23N3/c1-12-8-13(2)16-15(9-12)14(10-18-16)11-19-6-3-4-17-5-7-19/h8-10,17-18H,3-7,11H2,1-2H3. The van der Waals surface area contributed by atoms with Crippen molar-refractivity contribution < 1.29 is 0 Å². The third-order valence-corrected chi connectivity index (χ3v) is 4.04. The summed E-state index contributed by atoms with van der Waals surface area (Å²) in [6, 6.07) is 4.56. The van der Waals surface area contributed by atoms with Crippen LogP contribution < -0.4 is 5.32 Å². The first-order valence-corrected chi connectivity index (χ1v) is 7.24. The molecule has 1 fully saturated rings. The second-order valence-corrected chi connectivity index (χ2v) is 5.70. The summed E-state index contributed by atoms with van der Waals surface area (Å²) >= 11 is 0. The van der Waals surface area contributed by atoms with Crippen LogP contribution in [0.4, 0.5) is 0 Å². The summed E-state index contributed by atoms with van der Waals surface area (Å²) < 4.78 is 0. The zero-order valence-corrected chi connectivity index (χ0v) is 11.9. The number of rotatable bonds is 2. The number of H-pyrrole nitrogens is 1. The maximum absolute atomic E-state index is 3.46. The molecule has 3 nitrogen and oxygen atoms in total. The summed E-state index contributed by atoms with van der Waals surface area (Å²) in [5.41, 5.74) is 5.43. The number of fused-ring (bicyclic) bond motifs is 1. The molecule has 1 aliphatic rings. The predicted octanol–water partition coefficient (Wildman–Crippen LogP) is 2.58. The molecule has 0 saturated carbocycles. The van der Waals surface area contributed by atoms with Crippen molar-refractivity contribution in [1.29, 1.82) is 0 Å². The van der Waals surface area contributed by atoms with Crippen LogP contribution in [0, 0.1) is 13.8 Å². The number of aryl methyl sites for hydroxylation is 2. The van der Waals surface area contributed by atoms with Gasteiger partial charge >= 0.3 is 0 Å². The van der Waals surface area contributed by atoms with E-state index in [2.05, 4.69) is 47.4 Å². The zero-order chi connectivity index (χ0) is 13.2. The van der Waals surface area contributed by atoms with Crippen molar-refractivity contribution in [2.75, 3.05) is 26.2 Å². The zero-order valence-electron chi connectivity index (χ0n) is 11.9.